The fourth-order valence-corrected chi connectivity index (χ4v) is 0.899. The third-order valence-electron chi connectivity index (χ3n) is 1.57. The average Bonchev–Trinajstić information content (AvgIpc) is 1.90. The van der Waals surface area contributed by atoms with E-state index in [1.54, 1.807) is 0 Å². The van der Waals surface area contributed by atoms with Crippen molar-refractivity contribution in [3.05, 3.63) is 0 Å². The molecule has 0 aliphatic rings. The highest BCUT2D eigenvalue weighted by atomic mass is 32.1. The molecule has 0 aromatic rings. The summed E-state index contributed by atoms with van der Waals surface area (Å²) in [5.41, 5.74) is 5.35. The zero-order valence-corrected chi connectivity index (χ0v) is 7.58. The molecule has 0 rings (SSSR count). The maximum Gasteiger partial charge on any atom is 0.0740 e. The van der Waals surface area contributed by atoms with E-state index in [0.717, 1.165) is 26.1 Å². The Morgan fingerprint density at radius 3 is 2.20 bits per heavy atom. The summed E-state index contributed by atoms with van der Waals surface area (Å²) in [7, 11) is 0. The minimum absolute atomic E-state index is 0.618. The smallest absolute Gasteiger partial charge is 0.0740 e. The van der Waals surface area contributed by atoms with E-state index < -0.39 is 0 Å². The first-order valence-electron chi connectivity index (χ1n) is 3.71. The zero-order chi connectivity index (χ0) is 7.98. The Hall–Kier alpha value is -0.150. The first-order chi connectivity index (χ1) is 4.70. The van der Waals surface area contributed by atoms with Crippen LogP contribution in [0.3, 0.4) is 0 Å². The minimum atomic E-state index is 0.618. The molecule has 0 saturated heterocycles. The summed E-state index contributed by atoms with van der Waals surface area (Å²) in [5.74, 6) is 0. The predicted molar refractivity (Wildman–Crippen MR) is 49.2 cm³/mol. The van der Waals surface area contributed by atoms with E-state index >= 15 is 0 Å². The Bertz CT molecular complexity index is 99.8. The Balaban J connectivity index is 3.34. The largest absolute Gasteiger partial charge is 0.393 e. The molecule has 0 saturated carbocycles. The highest BCUT2D eigenvalue weighted by Crippen LogP contribution is 1.89. The molecule has 0 amide bonds. The van der Waals surface area contributed by atoms with E-state index in [4.69, 9.17) is 18.0 Å². The van der Waals surface area contributed by atoms with Crippen molar-refractivity contribution in [3.8, 4) is 0 Å². The van der Waals surface area contributed by atoms with Crippen LogP contribution >= 0.6 is 12.2 Å². The molecular formula is C7H16N2S. The second kappa shape index (κ2) is 5.62. The summed E-state index contributed by atoms with van der Waals surface area (Å²) in [5, 5.41) is 0. The SMILES string of the molecule is CCN(CC)CCC(N)=S. The monoisotopic (exact) mass is 160 g/mol. The van der Waals surface area contributed by atoms with Crippen LogP contribution in [0.4, 0.5) is 0 Å². The van der Waals surface area contributed by atoms with Crippen molar-refractivity contribution in [2.75, 3.05) is 19.6 Å². The van der Waals surface area contributed by atoms with E-state index in [9.17, 15) is 0 Å². The Labute approximate surface area is 68.4 Å². The Kier molecular flexibility index (Phi) is 5.54. The summed E-state index contributed by atoms with van der Waals surface area (Å²) < 4.78 is 0. The Morgan fingerprint density at radius 1 is 1.40 bits per heavy atom. The standard InChI is InChI=1S/C7H16N2S/c1-3-9(4-2)6-5-7(8)10/h3-6H2,1-2H3,(H2,8,10). The lowest BCUT2D eigenvalue weighted by atomic mass is 10.4. The van der Waals surface area contributed by atoms with E-state index in [1.165, 1.54) is 0 Å². The summed E-state index contributed by atoms with van der Waals surface area (Å²) >= 11 is 4.76. The molecule has 0 spiro atoms. The number of rotatable bonds is 5. The van der Waals surface area contributed by atoms with Gasteiger partial charge in [0.25, 0.3) is 0 Å². The van der Waals surface area contributed by atoms with Gasteiger partial charge in [-0.3, -0.25) is 0 Å². The molecule has 0 bridgehead atoms. The van der Waals surface area contributed by atoms with Crippen molar-refractivity contribution in [3.63, 3.8) is 0 Å². The van der Waals surface area contributed by atoms with E-state index in [2.05, 4.69) is 18.7 Å². The molecule has 0 aliphatic heterocycles. The summed E-state index contributed by atoms with van der Waals surface area (Å²) in [6.45, 7) is 7.45. The van der Waals surface area contributed by atoms with Gasteiger partial charge in [0.1, 0.15) is 0 Å². The molecule has 0 radical (unpaired) electrons. The molecule has 0 unspecified atom stereocenters. The molecule has 10 heavy (non-hydrogen) atoms. The fourth-order valence-electron chi connectivity index (χ4n) is 0.808. The third kappa shape index (κ3) is 4.70. The fraction of sp³-hybridized carbons (Fsp3) is 0.857. The van der Waals surface area contributed by atoms with Gasteiger partial charge in [0.05, 0.1) is 4.99 Å². The zero-order valence-electron chi connectivity index (χ0n) is 6.76. The van der Waals surface area contributed by atoms with Crippen LogP contribution in [0.2, 0.25) is 0 Å². The van der Waals surface area contributed by atoms with Crippen LogP contribution in [0.15, 0.2) is 0 Å². The van der Waals surface area contributed by atoms with E-state index in [-0.39, 0.29) is 0 Å². The molecule has 0 aromatic carbocycles. The molecule has 2 N–H and O–H groups in total. The minimum Gasteiger partial charge on any atom is -0.393 e. The lowest BCUT2D eigenvalue weighted by Crippen LogP contribution is -2.27. The van der Waals surface area contributed by atoms with Crippen molar-refractivity contribution >= 4 is 17.2 Å². The summed E-state index contributed by atoms with van der Waals surface area (Å²) in [6, 6.07) is 0. The van der Waals surface area contributed by atoms with Gasteiger partial charge in [-0.1, -0.05) is 26.1 Å². The molecule has 3 heteroatoms. The quantitative estimate of drug-likeness (QED) is 0.608. The van der Waals surface area contributed by atoms with Crippen molar-refractivity contribution < 1.29 is 0 Å². The molecule has 0 aliphatic carbocycles. The summed E-state index contributed by atoms with van der Waals surface area (Å²) in [6.07, 6.45) is 0.844. The topological polar surface area (TPSA) is 29.3 Å². The number of hydrogen-bond donors (Lipinski definition) is 1. The first-order valence-corrected chi connectivity index (χ1v) is 4.12. The van der Waals surface area contributed by atoms with Gasteiger partial charge in [0.2, 0.25) is 0 Å². The van der Waals surface area contributed by atoms with Crippen LogP contribution < -0.4 is 5.73 Å². The van der Waals surface area contributed by atoms with Gasteiger partial charge < -0.3 is 10.6 Å². The van der Waals surface area contributed by atoms with Gasteiger partial charge in [0, 0.05) is 13.0 Å². The average molecular weight is 160 g/mol. The van der Waals surface area contributed by atoms with Gasteiger partial charge in [-0.05, 0) is 13.1 Å². The van der Waals surface area contributed by atoms with Gasteiger partial charge >= 0.3 is 0 Å². The maximum atomic E-state index is 5.35. The second-order valence-corrected chi connectivity index (χ2v) is 2.77. The number of nitrogens with two attached hydrogens (primary N) is 1. The van der Waals surface area contributed by atoms with Gasteiger partial charge in [-0.2, -0.15) is 0 Å². The molecule has 0 heterocycles. The Morgan fingerprint density at radius 2 is 1.90 bits per heavy atom. The molecule has 60 valence electrons. The second-order valence-electron chi connectivity index (χ2n) is 2.24. The van der Waals surface area contributed by atoms with E-state index in [1.807, 2.05) is 0 Å². The van der Waals surface area contributed by atoms with Crippen molar-refractivity contribution in [1.82, 2.24) is 4.90 Å². The van der Waals surface area contributed by atoms with Gasteiger partial charge in [-0.15, -0.1) is 0 Å². The predicted octanol–water partition coefficient (Wildman–Crippen LogP) is 1.00. The molecular weight excluding hydrogens is 144 g/mol. The van der Waals surface area contributed by atoms with Crippen LogP contribution in [0.25, 0.3) is 0 Å². The van der Waals surface area contributed by atoms with Gasteiger partial charge in [0.15, 0.2) is 0 Å². The van der Waals surface area contributed by atoms with Crippen LogP contribution in [0.5, 0.6) is 0 Å². The van der Waals surface area contributed by atoms with Crippen LogP contribution in [-0.2, 0) is 0 Å². The molecule has 0 fully saturated rings. The van der Waals surface area contributed by atoms with Crippen molar-refractivity contribution in [2.45, 2.75) is 20.3 Å². The lowest BCUT2D eigenvalue weighted by Gasteiger charge is -2.16. The van der Waals surface area contributed by atoms with Crippen molar-refractivity contribution in [1.29, 1.82) is 0 Å². The molecule has 2 nitrogen and oxygen atoms in total. The highest BCUT2D eigenvalue weighted by Gasteiger charge is 1.97. The number of nitrogens with zero attached hydrogens (tertiary/aromatic N) is 1. The molecule has 0 atom stereocenters. The summed E-state index contributed by atoms with van der Waals surface area (Å²) in [4.78, 5) is 2.92. The van der Waals surface area contributed by atoms with Crippen molar-refractivity contribution in [2.24, 2.45) is 5.73 Å². The van der Waals surface area contributed by atoms with Crippen LogP contribution in [0, 0.1) is 0 Å². The lowest BCUT2D eigenvalue weighted by molar-refractivity contribution is 0.313. The normalized spacial score (nSPS) is 10.3. The third-order valence-corrected chi connectivity index (χ3v) is 1.77. The van der Waals surface area contributed by atoms with Crippen LogP contribution in [-0.4, -0.2) is 29.5 Å². The van der Waals surface area contributed by atoms with Crippen LogP contribution in [0.1, 0.15) is 20.3 Å². The highest BCUT2D eigenvalue weighted by molar-refractivity contribution is 7.80. The maximum absolute atomic E-state index is 5.35. The molecule has 0 aromatic heterocycles. The van der Waals surface area contributed by atoms with E-state index in [0.29, 0.717) is 4.99 Å². The first kappa shape index (κ1) is 9.85. The number of thiocarbonyl (C=S) groups is 1. The number of hydrogen-bond acceptors (Lipinski definition) is 2. The van der Waals surface area contributed by atoms with Gasteiger partial charge in [-0.25, -0.2) is 0 Å².